The molecular formula is C46H29NO2. The van der Waals surface area contributed by atoms with Crippen molar-refractivity contribution in [2.75, 3.05) is 4.90 Å². The molecule has 0 amide bonds. The largest absolute Gasteiger partial charge is 0.456 e. The molecule has 0 aliphatic rings. The molecule has 0 fully saturated rings. The summed E-state index contributed by atoms with van der Waals surface area (Å²) in [5.74, 6) is 0. The summed E-state index contributed by atoms with van der Waals surface area (Å²) < 4.78 is 13.2. The third-order valence-corrected chi connectivity index (χ3v) is 9.65. The van der Waals surface area contributed by atoms with E-state index in [0.29, 0.717) is 0 Å². The van der Waals surface area contributed by atoms with Crippen molar-refractivity contribution >= 4 is 71.7 Å². The number of nitrogens with zero attached hydrogens (tertiary/aromatic N) is 1. The van der Waals surface area contributed by atoms with Gasteiger partial charge in [-0.15, -0.1) is 0 Å². The minimum atomic E-state index is 0.841. The SMILES string of the molecule is c1ccc(-c2ccc(N(c3ccc4ccccc4c3)c3ccc4c(oc5ccc6oc7ccccc7c6c54)c3-c3ccccc3)cc2)cc1. The molecule has 0 saturated heterocycles. The fraction of sp³-hybridized carbons (Fsp3) is 0. The number of furan rings is 2. The van der Waals surface area contributed by atoms with Gasteiger partial charge in [-0.05, 0) is 82.1 Å². The smallest absolute Gasteiger partial charge is 0.145 e. The van der Waals surface area contributed by atoms with Crippen molar-refractivity contribution in [2.24, 2.45) is 0 Å². The van der Waals surface area contributed by atoms with Gasteiger partial charge < -0.3 is 13.7 Å². The second kappa shape index (κ2) is 11.0. The summed E-state index contributed by atoms with van der Waals surface area (Å²) in [5, 5.41) is 6.71. The molecule has 0 unspecified atom stereocenters. The van der Waals surface area contributed by atoms with Crippen LogP contribution in [0, 0.1) is 0 Å². The fourth-order valence-electron chi connectivity index (χ4n) is 7.38. The highest BCUT2D eigenvalue weighted by molar-refractivity contribution is 6.27. The molecule has 49 heavy (non-hydrogen) atoms. The highest BCUT2D eigenvalue weighted by Gasteiger charge is 2.24. The number of fused-ring (bicyclic) bond motifs is 8. The lowest BCUT2D eigenvalue weighted by molar-refractivity contribution is 0.663. The predicted molar refractivity (Wildman–Crippen MR) is 204 cm³/mol. The predicted octanol–water partition coefficient (Wildman–Crippen LogP) is 13.4. The third kappa shape index (κ3) is 4.44. The standard InChI is InChI=1S/C46H29NO2/c1-3-11-30(12-4-1)32-19-22-35(23-20-32)47(36-24-21-31-13-7-8-16-34(31)29-36)39-26-25-38-45-42(49-46(38)43(39)33-14-5-2-6-15-33)28-27-41-44(45)37-17-9-10-18-40(37)48-41/h1-29H. The highest BCUT2D eigenvalue weighted by Crippen LogP contribution is 2.49. The van der Waals surface area contributed by atoms with Crippen molar-refractivity contribution in [3.63, 3.8) is 0 Å². The summed E-state index contributed by atoms with van der Waals surface area (Å²) in [4.78, 5) is 2.36. The van der Waals surface area contributed by atoms with Crippen LogP contribution < -0.4 is 4.90 Å². The first kappa shape index (κ1) is 27.5. The second-order valence-electron chi connectivity index (χ2n) is 12.5. The first-order valence-electron chi connectivity index (χ1n) is 16.6. The molecule has 0 N–H and O–H groups in total. The summed E-state index contributed by atoms with van der Waals surface area (Å²) >= 11 is 0. The molecule has 10 aromatic rings. The molecule has 10 rings (SSSR count). The zero-order valence-corrected chi connectivity index (χ0v) is 26.5. The molecule has 0 bridgehead atoms. The fourth-order valence-corrected chi connectivity index (χ4v) is 7.38. The summed E-state index contributed by atoms with van der Waals surface area (Å²) in [7, 11) is 0. The van der Waals surface area contributed by atoms with Crippen molar-refractivity contribution < 1.29 is 8.83 Å². The van der Waals surface area contributed by atoms with E-state index in [0.717, 1.165) is 72.1 Å². The molecule has 2 heterocycles. The van der Waals surface area contributed by atoms with Gasteiger partial charge >= 0.3 is 0 Å². The zero-order chi connectivity index (χ0) is 32.3. The Morgan fingerprint density at radius 1 is 0.367 bits per heavy atom. The number of anilines is 3. The number of para-hydroxylation sites is 1. The van der Waals surface area contributed by atoms with Gasteiger partial charge in [0.15, 0.2) is 0 Å². The van der Waals surface area contributed by atoms with E-state index in [4.69, 9.17) is 8.83 Å². The van der Waals surface area contributed by atoms with E-state index in [1.54, 1.807) is 0 Å². The molecule has 3 nitrogen and oxygen atoms in total. The van der Waals surface area contributed by atoms with Crippen LogP contribution in [0.15, 0.2) is 185 Å². The Hall–Kier alpha value is -6.58. The third-order valence-electron chi connectivity index (χ3n) is 9.65. The molecule has 0 aliphatic heterocycles. The first-order chi connectivity index (χ1) is 24.3. The van der Waals surface area contributed by atoms with Gasteiger partial charge in [-0.25, -0.2) is 0 Å². The van der Waals surface area contributed by atoms with Gasteiger partial charge in [-0.1, -0.05) is 121 Å². The van der Waals surface area contributed by atoms with Gasteiger partial charge in [0.2, 0.25) is 0 Å². The van der Waals surface area contributed by atoms with Crippen molar-refractivity contribution in [3.05, 3.63) is 176 Å². The normalized spacial score (nSPS) is 11.7. The van der Waals surface area contributed by atoms with E-state index in [-0.39, 0.29) is 0 Å². The highest BCUT2D eigenvalue weighted by atomic mass is 16.3. The van der Waals surface area contributed by atoms with Crippen LogP contribution in [-0.4, -0.2) is 0 Å². The van der Waals surface area contributed by atoms with Crippen LogP contribution in [0.5, 0.6) is 0 Å². The maximum atomic E-state index is 6.91. The van der Waals surface area contributed by atoms with Crippen LogP contribution >= 0.6 is 0 Å². The van der Waals surface area contributed by atoms with E-state index in [2.05, 4.69) is 157 Å². The van der Waals surface area contributed by atoms with Crippen LogP contribution in [-0.2, 0) is 0 Å². The summed E-state index contributed by atoms with van der Waals surface area (Å²) in [6, 6.07) is 62.0. The molecular weight excluding hydrogens is 599 g/mol. The van der Waals surface area contributed by atoms with E-state index in [1.165, 1.54) is 21.9 Å². The van der Waals surface area contributed by atoms with E-state index in [1.807, 2.05) is 24.3 Å². The lowest BCUT2D eigenvalue weighted by Crippen LogP contribution is -2.11. The van der Waals surface area contributed by atoms with E-state index < -0.39 is 0 Å². The van der Waals surface area contributed by atoms with Crippen LogP contribution in [0.4, 0.5) is 17.1 Å². The topological polar surface area (TPSA) is 29.5 Å². The van der Waals surface area contributed by atoms with Gasteiger partial charge in [-0.2, -0.15) is 0 Å². The Bertz CT molecular complexity index is 2810. The van der Waals surface area contributed by atoms with Crippen molar-refractivity contribution in [2.45, 2.75) is 0 Å². The average Bonchev–Trinajstić information content (AvgIpc) is 3.74. The summed E-state index contributed by atoms with van der Waals surface area (Å²) in [5.41, 5.74) is 11.1. The van der Waals surface area contributed by atoms with Crippen LogP contribution in [0.2, 0.25) is 0 Å². The van der Waals surface area contributed by atoms with Crippen LogP contribution in [0.25, 0.3) is 76.9 Å². The van der Waals surface area contributed by atoms with Crippen molar-refractivity contribution in [1.82, 2.24) is 0 Å². The molecule has 8 aromatic carbocycles. The van der Waals surface area contributed by atoms with Gasteiger partial charge in [-0.3, -0.25) is 0 Å². The minimum absolute atomic E-state index is 0.841. The van der Waals surface area contributed by atoms with Gasteiger partial charge in [0, 0.05) is 38.5 Å². The monoisotopic (exact) mass is 627 g/mol. The van der Waals surface area contributed by atoms with Gasteiger partial charge in [0.05, 0.1) is 5.69 Å². The Labute approximate surface area is 282 Å². The Kier molecular flexibility index (Phi) is 6.18. The molecule has 0 spiro atoms. The van der Waals surface area contributed by atoms with Gasteiger partial charge in [0.1, 0.15) is 22.3 Å². The lowest BCUT2D eigenvalue weighted by atomic mass is 9.97. The molecule has 2 aromatic heterocycles. The molecule has 0 aliphatic carbocycles. The Morgan fingerprint density at radius 3 is 1.78 bits per heavy atom. The molecule has 3 heteroatoms. The minimum Gasteiger partial charge on any atom is -0.456 e. The number of benzene rings is 8. The number of hydrogen-bond acceptors (Lipinski definition) is 3. The van der Waals surface area contributed by atoms with Crippen LogP contribution in [0.1, 0.15) is 0 Å². The molecule has 0 radical (unpaired) electrons. The Morgan fingerprint density at radius 2 is 0.980 bits per heavy atom. The van der Waals surface area contributed by atoms with E-state index >= 15 is 0 Å². The lowest BCUT2D eigenvalue weighted by Gasteiger charge is -2.28. The summed E-state index contributed by atoms with van der Waals surface area (Å²) in [6.45, 7) is 0. The summed E-state index contributed by atoms with van der Waals surface area (Å²) in [6.07, 6.45) is 0. The number of rotatable bonds is 5. The molecule has 0 saturated carbocycles. The van der Waals surface area contributed by atoms with Crippen LogP contribution in [0.3, 0.4) is 0 Å². The van der Waals surface area contributed by atoms with E-state index in [9.17, 15) is 0 Å². The number of hydrogen-bond donors (Lipinski definition) is 0. The van der Waals surface area contributed by atoms with Gasteiger partial charge in [0.25, 0.3) is 0 Å². The average molecular weight is 628 g/mol. The quantitative estimate of drug-likeness (QED) is 0.190. The maximum Gasteiger partial charge on any atom is 0.145 e. The van der Waals surface area contributed by atoms with Crippen molar-refractivity contribution in [1.29, 1.82) is 0 Å². The second-order valence-corrected chi connectivity index (χ2v) is 12.5. The Balaban J connectivity index is 1.27. The van der Waals surface area contributed by atoms with Crippen molar-refractivity contribution in [3.8, 4) is 22.3 Å². The molecule has 0 atom stereocenters. The first-order valence-corrected chi connectivity index (χ1v) is 16.6. The molecule has 230 valence electrons. The zero-order valence-electron chi connectivity index (χ0n) is 26.5. The maximum absolute atomic E-state index is 6.91.